The van der Waals surface area contributed by atoms with E-state index in [9.17, 15) is 4.79 Å². The van der Waals surface area contributed by atoms with Crippen molar-refractivity contribution >= 4 is 45.1 Å². The van der Waals surface area contributed by atoms with Crippen LogP contribution in [0.1, 0.15) is 23.1 Å². The van der Waals surface area contributed by atoms with Crippen molar-refractivity contribution in [3.63, 3.8) is 0 Å². The molecule has 1 heterocycles. The first-order chi connectivity index (χ1) is 13.0. The third-order valence-electron chi connectivity index (χ3n) is 3.62. The first-order valence-electron chi connectivity index (χ1n) is 8.08. The molecule has 0 saturated carbocycles. The van der Waals surface area contributed by atoms with Gasteiger partial charge in [0.1, 0.15) is 18.0 Å². The van der Waals surface area contributed by atoms with Gasteiger partial charge in [0.05, 0.1) is 22.3 Å². The molecule has 5 nitrogen and oxygen atoms in total. The maximum absolute atomic E-state index is 12.1. The molecular formula is C19H15BrCl2N2O3. The molecule has 0 N–H and O–H groups in total. The minimum atomic E-state index is -0.524. The summed E-state index contributed by atoms with van der Waals surface area (Å²) >= 11 is 16.0. The molecule has 1 aromatic heterocycles. The van der Waals surface area contributed by atoms with Crippen LogP contribution >= 0.6 is 39.1 Å². The third-order valence-corrected chi connectivity index (χ3v) is 4.76. The van der Waals surface area contributed by atoms with Gasteiger partial charge in [-0.2, -0.15) is 5.10 Å². The van der Waals surface area contributed by atoms with Crippen molar-refractivity contribution in [1.82, 2.24) is 9.78 Å². The molecular weight excluding hydrogens is 455 g/mol. The highest BCUT2D eigenvalue weighted by atomic mass is 79.9. The number of esters is 1. The first kappa shape index (κ1) is 19.7. The highest BCUT2D eigenvalue weighted by molar-refractivity contribution is 9.10. The Hall–Kier alpha value is -2.02. The second-order valence-electron chi connectivity index (χ2n) is 5.47. The largest absolute Gasteiger partial charge is 0.487 e. The summed E-state index contributed by atoms with van der Waals surface area (Å²) in [5.74, 6) is 0.151. The van der Waals surface area contributed by atoms with Crippen LogP contribution in [0.15, 0.2) is 53.0 Å². The molecule has 0 unspecified atom stereocenters. The number of carbonyl (C=O) groups is 1. The number of halogens is 3. The van der Waals surface area contributed by atoms with Crippen LogP contribution in [-0.2, 0) is 11.3 Å². The van der Waals surface area contributed by atoms with Crippen LogP contribution in [-0.4, -0.2) is 22.4 Å². The number of rotatable bonds is 6. The summed E-state index contributed by atoms with van der Waals surface area (Å²) < 4.78 is 13.3. The van der Waals surface area contributed by atoms with E-state index in [2.05, 4.69) is 21.0 Å². The number of ether oxygens (including phenoxy) is 2. The van der Waals surface area contributed by atoms with Gasteiger partial charge in [-0.1, -0.05) is 45.2 Å². The first-order valence-corrected chi connectivity index (χ1v) is 9.63. The van der Waals surface area contributed by atoms with Gasteiger partial charge in [-0.25, -0.2) is 9.48 Å². The van der Waals surface area contributed by atoms with E-state index in [1.165, 1.54) is 4.68 Å². The lowest BCUT2D eigenvalue weighted by molar-refractivity contribution is 0.0519. The Morgan fingerprint density at radius 1 is 1.15 bits per heavy atom. The molecule has 8 heteroatoms. The fourth-order valence-corrected chi connectivity index (χ4v) is 3.22. The lowest BCUT2D eigenvalue weighted by atomic mass is 10.3. The molecule has 0 fully saturated rings. The molecule has 0 aliphatic heterocycles. The minimum Gasteiger partial charge on any atom is -0.487 e. The van der Waals surface area contributed by atoms with Gasteiger partial charge in [-0.15, -0.1) is 0 Å². The van der Waals surface area contributed by atoms with Crippen molar-refractivity contribution < 1.29 is 14.3 Å². The second-order valence-corrected chi connectivity index (χ2v) is 7.20. The Bertz CT molecular complexity index is 938. The number of carbonyl (C=O) groups excluding carboxylic acids is 1. The standard InChI is InChI=1S/C19H15BrCl2N2O3/c1-2-26-19(25)17-10-13(11-27-14-8-6-12(20)7-9-14)24(23-17)18-15(21)4-3-5-16(18)22/h3-10H,2,11H2,1H3. The Labute approximate surface area is 174 Å². The van der Waals surface area contributed by atoms with Crippen LogP contribution in [0.2, 0.25) is 10.0 Å². The Morgan fingerprint density at radius 2 is 1.81 bits per heavy atom. The summed E-state index contributed by atoms with van der Waals surface area (Å²) in [5, 5.41) is 5.15. The fourth-order valence-electron chi connectivity index (χ4n) is 2.40. The highest BCUT2D eigenvalue weighted by Crippen LogP contribution is 2.30. The summed E-state index contributed by atoms with van der Waals surface area (Å²) in [5.41, 5.74) is 1.24. The van der Waals surface area contributed by atoms with Crippen molar-refractivity contribution in [3.05, 3.63) is 74.4 Å². The zero-order valence-corrected chi connectivity index (χ0v) is 17.4. The van der Waals surface area contributed by atoms with Gasteiger partial charge in [0.15, 0.2) is 5.69 Å². The predicted octanol–water partition coefficient (Wildman–Crippen LogP) is 5.70. The highest BCUT2D eigenvalue weighted by Gasteiger charge is 2.20. The molecule has 27 heavy (non-hydrogen) atoms. The number of hydrogen-bond donors (Lipinski definition) is 0. The molecule has 0 amide bonds. The number of hydrogen-bond acceptors (Lipinski definition) is 4. The normalized spacial score (nSPS) is 10.7. The van der Waals surface area contributed by atoms with Gasteiger partial charge in [0.2, 0.25) is 0 Å². The van der Waals surface area contributed by atoms with Crippen molar-refractivity contribution in [2.75, 3.05) is 6.61 Å². The van der Waals surface area contributed by atoms with Crippen LogP contribution < -0.4 is 4.74 Å². The van der Waals surface area contributed by atoms with Gasteiger partial charge in [0.25, 0.3) is 0 Å². The average molecular weight is 470 g/mol. The molecule has 140 valence electrons. The third kappa shape index (κ3) is 4.64. The van der Waals surface area contributed by atoms with Crippen molar-refractivity contribution in [2.45, 2.75) is 13.5 Å². The molecule has 0 spiro atoms. The lowest BCUT2D eigenvalue weighted by Gasteiger charge is -2.12. The maximum atomic E-state index is 12.1. The molecule has 0 radical (unpaired) electrons. The van der Waals surface area contributed by atoms with Crippen molar-refractivity contribution in [3.8, 4) is 11.4 Å². The van der Waals surface area contributed by atoms with Crippen molar-refractivity contribution in [1.29, 1.82) is 0 Å². The van der Waals surface area contributed by atoms with E-state index in [0.717, 1.165) is 4.47 Å². The van der Waals surface area contributed by atoms with Gasteiger partial charge < -0.3 is 9.47 Å². The van der Waals surface area contributed by atoms with E-state index >= 15 is 0 Å². The van der Waals surface area contributed by atoms with E-state index in [-0.39, 0.29) is 18.9 Å². The topological polar surface area (TPSA) is 53.4 Å². The zero-order valence-electron chi connectivity index (χ0n) is 14.3. The van der Waals surface area contributed by atoms with E-state index in [1.807, 2.05) is 24.3 Å². The SMILES string of the molecule is CCOC(=O)c1cc(COc2ccc(Br)cc2)n(-c2c(Cl)cccc2Cl)n1. The van der Waals surface area contributed by atoms with Crippen LogP contribution in [0.25, 0.3) is 5.69 Å². The Kier molecular flexibility index (Phi) is 6.42. The number of nitrogens with zero attached hydrogens (tertiary/aromatic N) is 2. The molecule has 0 aliphatic rings. The Morgan fingerprint density at radius 3 is 2.44 bits per heavy atom. The van der Waals surface area contributed by atoms with Gasteiger partial charge in [0, 0.05) is 4.47 Å². The number of aromatic nitrogens is 2. The maximum Gasteiger partial charge on any atom is 0.358 e. The van der Waals surface area contributed by atoms with E-state index in [0.29, 0.717) is 27.2 Å². The molecule has 0 atom stereocenters. The molecule has 3 aromatic rings. The fraction of sp³-hybridized carbons (Fsp3) is 0.158. The van der Waals surface area contributed by atoms with Crippen LogP contribution in [0.5, 0.6) is 5.75 Å². The molecule has 0 bridgehead atoms. The van der Waals surface area contributed by atoms with E-state index in [4.69, 9.17) is 32.7 Å². The molecule has 0 aliphatic carbocycles. The van der Waals surface area contributed by atoms with Gasteiger partial charge in [-0.3, -0.25) is 0 Å². The summed E-state index contributed by atoms with van der Waals surface area (Å²) in [4.78, 5) is 12.1. The summed E-state index contributed by atoms with van der Waals surface area (Å²) in [6.45, 7) is 2.15. The van der Waals surface area contributed by atoms with E-state index < -0.39 is 5.97 Å². The van der Waals surface area contributed by atoms with Crippen LogP contribution in [0, 0.1) is 0 Å². The summed E-state index contributed by atoms with van der Waals surface area (Å²) in [6.07, 6.45) is 0. The Balaban J connectivity index is 1.97. The molecule has 2 aromatic carbocycles. The van der Waals surface area contributed by atoms with Gasteiger partial charge >= 0.3 is 5.97 Å². The lowest BCUT2D eigenvalue weighted by Crippen LogP contribution is -2.08. The number of benzene rings is 2. The summed E-state index contributed by atoms with van der Waals surface area (Å²) in [6, 6.07) is 14.2. The molecule has 3 rings (SSSR count). The molecule has 0 saturated heterocycles. The average Bonchev–Trinajstić information content (AvgIpc) is 3.05. The van der Waals surface area contributed by atoms with Crippen molar-refractivity contribution in [2.24, 2.45) is 0 Å². The summed E-state index contributed by atoms with van der Waals surface area (Å²) in [7, 11) is 0. The predicted molar refractivity (Wildman–Crippen MR) is 108 cm³/mol. The second kappa shape index (κ2) is 8.78. The monoisotopic (exact) mass is 468 g/mol. The van der Waals surface area contributed by atoms with Crippen LogP contribution in [0.3, 0.4) is 0 Å². The smallest absolute Gasteiger partial charge is 0.358 e. The van der Waals surface area contributed by atoms with E-state index in [1.54, 1.807) is 31.2 Å². The zero-order chi connectivity index (χ0) is 19.4. The van der Waals surface area contributed by atoms with Gasteiger partial charge in [-0.05, 0) is 49.4 Å². The minimum absolute atomic E-state index is 0.155. The van der Waals surface area contributed by atoms with Crippen LogP contribution in [0.4, 0.5) is 0 Å². The quantitative estimate of drug-likeness (QED) is 0.434. The number of para-hydroxylation sites is 1.